The number of phenols is 1. The summed E-state index contributed by atoms with van der Waals surface area (Å²) < 4.78 is 13.3. The lowest BCUT2D eigenvalue weighted by atomic mass is 10.1. The number of carbonyl (C=O) groups excluding carboxylic acids is 1. The molecule has 0 aromatic heterocycles. The maximum absolute atomic E-state index is 13.3. The minimum Gasteiger partial charge on any atom is -0.507 e. The Labute approximate surface area is 136 Å². The normalized spacial score (nSPS) is 11.8. The number of phenolic OH excluding ortho intramolecular Hbond substituents is 1. The number of hydrogen-bond donors (Lipinski definition) is 2. The molecule has 1 atom stereocenters. The fraction of sp³-hybridized carbons (Fsp3) is 0.125. The standard InChI is InChI=1S/C16H13ClFNO4/c1-9(16(22)23)19(10-6-7-13(18)12(17)8-10)15(21)11-4-2-3-5-14(11)20/h2-9,20H,1H3,(H,22,23)/t9-/m0/s1. The van der Waals surface area contributed by atoms with Crippen LogP contribution in [0.3, 0.4) is 0 Å². The first kappa shape index (κ1) is 16.8. The summed E-state index contributed by atoms with van der Waals surface area (Å²) in [5.74, 6) is -2.96. The zero-order chi connectivity index (χ0) is 17.1. The van der Waals surface area contributed by atoms with Crippen molar-refractivity contribution in [1.82, 2.24) is 0 Å². The fourth-order valence-corrected chi connectivity index (χ4v) is 2.22. The van der Waals surface area contributed by atoms with Gasteiger partial charge in [-0.1, -0.05) is 23.7 Å². The summed E-state index contributed by atoms with van der Waals surface area (Å²) in [6.07, 6.45) is 0. The molecule has 0 bridgehead atoms. The Morgan fingerprint density at radius 3 is 2.43 bits per heavy atom. The number of rotatable bonds is 4. The topological polar surface area (TPSA) is 77.8 Å². The number of aliphatic carboxylic acids is 1. The van der Waals surface area contributed by atoms with Gasteiger partial charge in [0.2, 0.25) is 0 Å². The summed E-state index contributed by atoms with van der Waals surface area (Å²) in [6.45, 7) is 1.30. The van der Waals surface area contributed by atoms with Gasteiger partial charge in [0.05, 0.1) is 10.6 Å². The number of halogens is 2. The molecule has 0 fully saturated rings. The second-order valence-electron chi connectivity index (χ2n) is 4.80. The molecule has 2 N–H and O–H groups in total. The van der Waals surface area contributed by atoms with Crippen LogP contribution in [0.2, 0.25) is 5.02 Å². The number of carboxylic acids is 1. The number of carboxylic acid groups (broad SMARTS) is 1. The number of para-hydroxylation sites is 1. The Morgan fingerprint density at radius 1 is 1.22 bits per heavy atom. The first-order valence-corrected chi connectivity index (χ1v) is 7.00. The molecule has 23 heavy (non-hydrogen) atoms. The van der Waals surface area contributed by atoms with E-state index in [1.165, 1.54) is 37.3 Å². The molecule has 0 radical (unpaired) electrons. The molecule has 1 amide bonds. The van der Waals surface area contributed by atoms with E-state index in [2.05, 4.69) is 0 Å². The Bertz CT molecular complexity index is 765. The lowest BCUT2D eigenvalue weighted by Crippen LogP contribution is -2.43. The van der Waals surface area contributed by atoms with Crippen LogP contribution < -0.4 is 4.90 Å². The third-order valence-corrected chi connectivity index (χ3v) is 3.57. The van der Waals surface area contributed by atoms with Crippen molar-refractivity contribution in [3.8, 4) is 5.75 Å². The monoisotopic (exact) mass is 337 g/mol. The van der Waals surface area contributed by atoms with Gasteiger partial charge in [0, 0.05) is 5.69 Å². The van der Waals surface area contributed by atoms with Crippen molar-refractivity contribution >= 4 is 29.2 Å². The summed E-state index contributed by atoms with van der Waals surface area (Å²) in [7, 11) is 0. The number of anilines is 1. The van der Waals surface area contributed by atoms with Gasteiger partial charge in [-0.25, -0.2) is 9.18 Å². The minimum atomic E-state index is -1.26. The van der Waals surface area contributed by atoms with Crippen LogP contribution in [0.1, 0.15) is 17.3 Å². The van der Waals surface area contributed by atoms with E-state index in [0.29, 0.717) is 0 Å². The zero-order valence-corrected chi connectivity index (χ0v) is 12.8. The number of aromatic hydroxyl groups is 1. The van der Waals surface area contributed by atoms with Crippen LogP contribution in [0, 0.1) is 5.82 Å². The van der Waals surface area contributed by atoms with Gasteiger partial charge in [-0.15, -0.1) is 0 Å². The summed E-state index contributed by atoms with van der Waals surface area (Å²) in [5, 5.41) is 18.8. The molecule has 2 rings (SSSR count). The van der Waals surface area contributed by atoms with Gasteiger partial charge in [0.25, 0.3) is 5.91 Å². The van der Waals surface area contributed by atoms with Crippen LogP contribution in [0.4, 0.5) is 10.1 Å². The largest absolute Gasteiger partial charge is 0.507 e. The van der Waals surface area contributed by atoms with Gasteiger partial charge in [-0.3, -0.25) is 9.69 Å². The van der Waals surface area contributed by atoms with Crippen molar-refractivity contribution in [3.63, 3.8) is 0 Å². The zero-order valence-electron chi connectivity index (χ0n) is 12.0. The van der Waals surface area contributed by atoms with Crippen LogP contribution in [0.15, 0.2) is 42.5 Å². The van der Waals surface area contributed by atoms with Gasteiger partial charge in [-0.2, -0.15) is 0 Å². The van der Waals surface area contributed by atoms with Gasteiger partial charge in [0.1, 0.15) is 17.6 Å². The van der Waals surface area contributed by atoms with Crippen LogP contribution in [0.25, 0.3) is 0 Å². The average Bonchev–Trinajstić information content (AvgIpc) is 2.51. The predicted octanol–water partition coefficient (Wildman–Crippen LogP) is 3.30. The van der Waals surface area contributed by atoms with Crippen molar-refractivity contribution in [1.29, 1.82) is 0 Å². The highest BCUT2D eigenvalue weighted by atomic mass is 35.5. The maximum Gasteiger partial charge on any atom is 0.326 e. The van der Waals surface area contributed by atoms with Crippen LogP contribution in [0.5, 0.6) is 5.75 Å². The van der Waals surface area contributed by atoms with Gasteiger partial charge in [-0.05, 0) is 37.3 Å². The van der Waals surface area contributed by atoms with Gasteiger partial charge < -0.3 is 10.2 Å². The van der Waals surface area contributed by atoms with Crippen molar-refractivity contribution in [2.45, 2.75) is 13.0 Å². The van der Waals surface area contributed by atoms with E-state index < -0.39 is 23.7 Å². The Hall–Kier alpha value is -2.60. The molecule has 0 unspecified atom stereocenters. The van der Waals surface area contributed by atoms with E-state index in [4.69, 9.17) is 11.6 Å². The summed E-state index contributed by atoms with van der Waals surface area (Å²) >= 11 is 5.71. The molecule has 5 nitrogen and oxygen atoms in total. The molecule has 0 aliphatic carbocycles. The van der Waals surface area contributed by atoms with E-state index >= 15 is 0 Å². The van der Waals surface area contributed by atoms with Crippen LogP contribution in [-0.4, -0.2) is 28.1 Å². The molecular weight excluding hydrogens is 325 g/mol. The molecule has 0 saturated carbocycles. The smallest absolute Gasteiger partial charge is 0.326 e. The van der Waals surface area contributed by atoms with Crippen LogP contribution >= 0.6 is 11.6 Å². The van der Waals surface area contributed by atoms with Crippen molar-refractivity contribution in [2.24, 2.45) is 0 Å². The lowest BCUT2D eigenvalue weighted by Gasteiger charge is -2.27. The molecule has 2 aromatic carbocycles. The highest BCUT2D eigenvalue weighted by Gasteiger charge is 2.29. The quantitative estimate of drug-likeness (QED) is 0.897. The number of nitrogens with zero attached hydrogens (tertiary/aromatic N) is 1. The van der Waals surface area contributed by atoms with Crippen molar-refractivity contribution in [2.75, 3.05) is 4.90 Å². The molecule has 7 heteroatoms. The highest BCUT2D eigenvalue weighted by Crippen LogP contribution is 2.28. The highest BCUT2D eigenvalue weighted by molar-refractivity contribution is 6.31. The number of amides is 1. The van der Waals surface area contributed by atoms with Gasteiger partial charge >= 0.3 is 5.97 Å². The SMILES string of the molecule is C[C@@H](C(=O)O)N(C(=O)c1ccccc1O)c1ccc(F)c(Cl)c1. The molecular formula is C16H13ClFNO4. The number of carbonyl (C=O) groups is 2. The second-order valence-corrected chi connectivity index (χ2v) is 5.21. The Morgan fingerprint density at radius 2 is 1.87 bits per heavy atom. The molecule has 2 aromatic rings. The first-order valence-electron chi connectivity index (χ1n) is 6.62. The summed E-state index contributed by atoms with van der Waals surface area (Å²) in [4.78, 5) is 24.9. The van der Waals surface area contributed by atoms with Crippen molar-refractivity contribution < 1.29 is 24.2 Å². The molecule has 0 saturated heterocycles. The minimum absolute atomic E-state index is 0.0685. The number of hydrogen-bond acceptors (Lipinski definition) is 3. The first-order chi connectivity index (χ1) is 10.8. The average molecular weight is 338 g/mol. The summed E-state index contributed by atoms with van der Waals surface area (Å²) in [6, 6.07) is 7.95. The third-order valence-electron chi connectivity index (χ3n) is 3.28. The Kier molecular flexibility index (Phi) is 4.86. The number of benzene rings is 2. The van der Waals surface area contributed by atoms with E-state index in [9.17, 15) is 24.2 Å². The van der Waals surface area contributed by atoms with Crippen LogP contribution in [-0.2, 0) is 4.79 Å². The fourth-order valence-electron chi connectivity index (χ4n) is 2.05. The van der Waals surface area contributed by atoms with E-state index in [-0.39, 0.29) is 22.0 Å². The third kappa shape index (κ3) is 3.43. The molecule has 0 aliphatic heterocycles. The Balaban J connectivity index is 2.54. The molecule has 120 valence electrons. The van der Waals surface area contributed by atoms with Crippen molar-refractivity contribution in [3.05, 3.63) is 58.9 Å². The second kappa shape index (κ2) is 6.66. The predicted molar refractivity (Wildman–Crippen MR) is 83.4 cm³/mol. The van der Waals surface area contributed by atoms with Gasteiger partial charge in [0.15, 0.2) is 0 Å². The van der Waals surface area contributed by atoms with E-state index in [1.807, 2.05) is 0 Å². The van der Waals surface area contributed by atoms with E-state index in [0.717, 1.165) is 17.0 Å². The molecule has 0 heterocycles. The lowest BCUT2D eigenvalue weighted by molar-refractivity contribution is -0.138. The molecule has 0 spiro atoms. The molecule has 0 aliphatic rings. The van der Waals surface area contributed by atoms with E-state index in [1.54, 1.807) is 0 Å². The summed E-state index contributed by atoms with van der Waals surface area (Å²) in [5.41, 5.74) is 0.0422. The maximum atomic E-state index is 13.3.